The minimum absolute atomic E-state index is 0.710. The molecule has 30 heavy (non-hydrogen) atoms. The van der Waals surface area contributed by atoms with Gasteiger partial charge < -0.3 is 10.6 Å². The second-order valence-electron chi connectivity index (χ2n) is 9.00. The minimum atomic E-state index is 0.710. The summed E-state index contributed by atoms with van der Waals surface area (Å²) in [6, 6.07) is 5.88. The van der Waals surface area contributed by atoms with Crippen LogP contribution in [-0.2, 0) is 25.7 Å². The molecular formula is C25H35ClN4. The first kappa shape index (κ1) is 21.4. The van der Waals surface area contributed by atoms with E-state index in [2.05, 4.69) is 17.9 Å². The summed E-state index contributed by atoms with van der Waals surface area (Å²) in [6.07, 6.45) is 13.1. The standard InChI is InChI=1S/C25H35ClN4/c1-2-24-28-23-16-18(8-7-9-19-11-12-20(27)17-22(19)26)10-13-21(23)25(29-24)30-14-5-3-4-6-15-30/h11-12,17-18H,2-10,13-16,27H2,1H3. The molecule has 0 amide bonds. The zero-order valence-corrected chi connectivity index (χ0v) is 19.1. The smallest absolute Gasteiger partial charge is 0.135 e. The van der Waals surface area contributed by atoms with Gasteiger partial charge >= 0.3 is 0 Å². The number of aryl methyl sites for hydroxylation is 2. The largest absolute Gasteiger partial charge is 0.399 e. The van der Waals surface area contributed by atoms with Gasteiger partial charge in [-0.2, -0.15) is 0 Å². The Balaban J connectivity index is 1.43. The van der Waals surface area contributed by atoms with Crippen molar-refractivity contribution in [1.82, 2.24) is 9.97 Å². The number of nitrogen functional groups attached to an aromatic ring is 1. The number of aromatic nitrogens is 2. The molecule has 0 bridgehead atoms. The summed E-state index contributed by atoms with van der Waals surface area (Å²) in [4.78, 5) is 12.5. The van der Waals surface area contributed by atoms with Crippen molar-refractivity contribution in [2.24, 2.45) is 5.92 Å². The minimum Gasteiger partial charge on any atom is -0.399 e. The zero-order chi connectivity index (χ0) is 20.9. The Morgan fingerprint density at radius 2 is 1.93 bits per heavy atom. The highest BCUT2D eigenvalue weighted by atomic mass is 35.5. The molecule has 1 aromatic carbocycles. The van der Waals surface area contributed by atoms with Crippen LogP contribution in [0, 0.1) is 5.92 Å². The molecule has 2 aromatic rings. The Labute approximate surface area is 186 Å². The summed E-state index contributed by atoms with van der Waals surface area (Å²) >= 11 is 6.35. The van der Waals surface area contributed by atoms with E-state index in [1.54, 1.807) is 0 Å². The van der Waals surface area contributed by atoms with Gasteiger partial charge in [0.25, 0.3) is 0 Å². The summed E-state index contributed by atoms with van der Waals surface area (Å²) in [6.45, 7) is 4.47. The average Bonchev–Trinajstić information content (AvgIpc) is 3.04. The molecule has 1 unspecified atom stereocenters. The van der Waals surface area contributed by atoms with Gasteiger partial charge in [0.2, 0.25) is 0 Å². The third kappa shape index (κ3) is 5.08. The van der Waals surface area contributed by atoms with Crippen molar-refractivity contribution in [3.05, 3.63) is 45.9 Å². The fourth-order valence-electron chi connectivity index (χ4n) is 5.01. The monoisotopic (exact) mass is 426 g/mol. The Kier molecular flexibility index (Phi) is 7.14. The van der Waals surface area contributed by atoms with Gasteiger partial charge in [-0.15, -0.1) is 0 Å². The van der Waals surface area contributed by atoms with E-state index in [0.29, 0.717) is 5.92 Å². The number of benzene rings is 1. The summed E-state index contributed by atoms with van der Waals surface area (Å²) in [5.74, 6) is 2.98. The number of fused-ring (bicyclic) bond motifs is 1. The molecule has 162 valence electrons. The van der Waals surface area contributed by atoms with E-state index in [0.717, 1.165) is 61.7 Å². The van der Waals surface area contributed by atoms with Crippen molar-refractivity contribution in [3.8, 4) is 0 Å². The lowest BCUT2D eigenvalue weighted by molar-refractivity contribution is 0.407. The first-order valence-electron chi connectivity index (χ1n) is 11.8. The molecule has 2 aliphatic rings. The van der Waals surface area contributed by atoms with Crippen LogP contribution in [0.15, 0.2) is 18.2 Å². The molecule has 1 saturated heterocycles. The zero-order valence-electron chi connectivity index (χ0n) is 18.3. The van der Waals surface area contributed by atoms with Crippen LogP contribution >= 0.6 is 11.6 Å². The Hall–Kier alpha value is -1.81. The van der Waals surface area contributed by atoms with Gasteiger partial charge in [0.05, 0.1) is 0 Å². The predicted octanol–water partition coefficient (Wildman–Crippen LogP) is 5.78. The molecule has 4 nitrogen and oxygen atoms in total. The third-order valence-corrected chi connectivity index (χ3v) is 7.11. The lowest BCUT2D eigenvalue weighted by Crippen LogP contribution is -2.29. The highest BCUT2D eigenvalue weighted by Crippen LogP contribution is 2.34. The van der Waals surface area contributed by atoms with Crippen LogP contribution in [0.3, 0.4) is 0 Å². The first-order valence-corrected chi connectivity index (χ1v) is 12.2. The maximum absolute atomic E-state index is 6.35. The number of nitrogens with zero attached hydrogens (tertiary/aromatic N) is 3. The maximum Gasteiger partial charge on any atom is 0.135 e. The highest BCUT2D eigenvalue weighted by Gasteiger charge is 2.26. The van der Waals surface area contributed by atoms with Crippen LogP contribution < -0.4 is 10.6 Å². The van der Waals surface area contributed by atoms with E-state index in [1.807, 2.05) is 12.1 Å². The molecule has 1 aliphatic carbocycles. The quantitative estimate of drug-likeness (QED) is 0.594. The summed E-state index contributed by atoms with van der Waals surface area (Å²) in [5.41, 5.74) is 10.5. The lowest BCUT2D eigenvalue weighted by atomic mass is 9.83. The molecule has 2 N–H and O–H groups in total. The molecule has 1 aromatic heterocycles. The molecule has 1 aliphatic heterocycles. The van der Waals surface area contributed by atoms with Crippen LogP contribution in [0.4, 0.5) is 11.5 Å². The van der Waals surface area contributed by atoms with Crippen molar-refractivity contribution in [2.45, 2.75) is 77.6 Å². The molecule has 0 radical (unpaired) electrons. The van der Waals surface area contributed by atoms with E-state index in [4.69, 9.17) is 27.3 Å². The predicted molar refractivity (Wildman–Crippen MR) is 126 cm³/mol. The van der Waals surface area contributed by atoms with Gasteiger partial charge in [0, 0.05) is 41.5 Å². The second kappa shape index (κ2) is 10.00. The molecule has 2 heterocycles. The number of rotatable bonds is 6. The molecule has 1 fully saturated rings. The van der Waals surface area contributed by atoms with E-state index >= 15 is 0 Å². The molecule has 0 spiro atoms. The number of hydrogen-bond donors (Lipinski definition) is 1. The normalized spacial score (nSPS) is 19.4. The maximum atomic E-state index is 6.35. The van der Waals surface area contributed by atoms with Gasteiger partial charge in [-0.25, -0.2) is 9.97 Å². The van der Waals surface area contributed by atoms with Crippen molar-refractivity contribution in [3.63, 3.8) is 0 Å². The number of halogens is 1. The number of anilines is 2. The van der Waals surface area contributed by atoms with Gasteiger partial charge in [-0.1, -0.05) is 37.4 Å². The van der Waals surface area contributed by atoms with Crippen LogP contribution in [0.5, 0.6) is 0 Å². The second-order valence-corrected chi connectivity index (χ2v) is 9.40. The van der Waals surface area contributed by atoms with Crippen LogP contribution in [0.1, 0.15) is 74.5 Å². The Bertz CT molecular complexity index is 858. The first-order chi connectivity index (χ1) is 14.6. The average molecular weight is 427 g/mol. The van der Waals surface area contributed by atoms with Gasteiger partial charge in [0.15, 0.2) is 0 Å². The van der Waals surface area contributed by atoms with E-state index in [1.165, 1.54) is 61.2 Å². The van der Waals surface area contributed by atoms with E-state index in [9.17, 15) is 0 Å². The summed E-state index contributed by atoms with van der Waals surface area (Å²) in [5, 5.41) is 0.798. The van der Waals surface area contributed by atoms with Gasteiger partial charge in [0.1, 0.15) is 11.6 Å². The molecule has 1 atom stereocenters. The summed E-state index contributed by atoms with van der Waals surface area (Å²) < 4.78 is 0. The van der Waals surface area contributed by atoms with E-state index < -0.39 is 0 Å². The lowest BCUT2D eigenvalue weighted by Gasteiger charge is -2.30. The molecule has 4 rings (SSSR count). The Morgan fingerprint density at radius 1 is 1.13 bits per heavy atom. The van der Waals surface area contributed by atoms with Crippen molar-refractivity contribution in [2.75, 3.05) is 23.7 Å². The number of nitrogens with two attached hydrogens (primary N) is 1. The summed E-state index contributed by atoms with van der Waals surface area (Å²) in [7, 11) is 0. The topological polar surface area (TPSA) is 55.0 Å². The van der Waals surface area contributed by atoms with Crippen LogP contribution in [0.25, 0.3) is 0 Å². The van der Waals surface area contributed by atoms with Crippen molar-refractivity contribution >= 4 is 23.1 Å². The van der Waals surface area contributed by atoms with Crippen molar-refractivity contribution in [1.29, 1.82) is 0 Å². The highest BCUT2D eigenvalue weighted by molar-refractivity contribution is 6.31. The van der Waals surface area contributed by atoms with Crippen molar-refractivity contribution < 1.29 is 0 Å². The third-order valence-electron chi connectivity index (χ3n) is 6.76. The fraction of sp³-hybridized carbons (Fsp3) is 0.600. The molecule has 0 saturated carbocycles. The molecule has 5 heteroatoms. The van der Waals surface area contributed by atoms with E-state index in [-0.39, 0.29) is 0 Å². The Morgan fingerprint density at radius 3 is 2.67 bits per heavy atom. The van der Waals surface area contributed by atoms with Gasteiger partial charge in [-0.05, 0) is 75.0 Å². The van der Waals surface area contributed by atoms with Gasteiger partial charge in [-0.3, -0.25) is 0 Å². The molecular weight excluding hydrogens is 392 g/mol. The van der Waals surface area contributed by atoms with Crippen LogP contribution in [-0.4, -0.2) is 23.1 Å². The van der Waals surface area contributed by atoms with Crippen LogP contribution in [0.2, 0.25) is 5.02 Å². The fourth-order valence-corrected chi connectivity index (χ4v) is 5.30. The number of hydrogen-bond acceptors (Lipinski definition) is 4. The SMILES string of the molecule is CCc1nc2c(c(N3CCCCCC3)n1)CCC(CCCc1ccc(N)cc1Cl)C2.